The zero-order valence-corrected chi connectivity index (χ0v) is 16.5. The standard InChI is InChI=1S/C17H25ClFN3O4/c1-16(2,3)22-15(24)26-12(9-25-17(4,5)6)14(23)21-13-11(19)7-10(18)8-20-13/h7-8,12H,9H2,1-6H3,(H,22,24)(H,20,21,23)/t12-/m0/s1. The molecule has 1 aromatic heterocycles. The van der Waals surface area contributed by atoms with Crippen LogP contribution in [0.3, 0.4) is 0 Å². The van der Waals surface area contributed by atoms with Gasteiger partial charge in [-0.25, -0.2) is 14.2 Å². The second-order valence-electron chi connectivity index (χ2n) is 7.67. The van der Waals surface area contributed by atoms with Gasteiger partial charge in [0.05, 0.1) is 17.2 Å². The van der Waals surface area contributed by atoms with Gasteiger partial charge in [-0.2, -0.15) is 0 Å². The van der Waals surface area contributed by atoms with Crippen LogP contribution < -0.4 is 10.6 Å². The summed E-state index contributed by atoms with van der Waals surface area (Å²) >= 11 is 5.63. The molecule has 0 saturated heterocycles. The van der Waals surface area contributed by atoms with Crippen molar-refractivity contribution in [2.75, 3.05) is 11.9 Å². The van der Waals surface area contributed by atoms with Crippen molar-refractivity contribution in [1.29, 1.82) is 0 Å². The average Bonchev–Trinajstić information content (AvgIpc) is 2.43. The van der Waals surface area contributed by atoms with Crippen molar-refractivity contribution in [1.82, 2.24) is 10.3 Å². The first-order valence-electron chi connectivity index (χ1n) is 8.01. The van der Waals surface area contributed by atoms with Gasteiger partial charge in [-0.15, -0.1) is 0 Å². The molecule has 2 amide bonds. The van der Waals surface area contributed by atoms with Crippen LogP contribution in [0.1, 0.15) is 41.5 Å². The molecule has 9 heteroatoms. The minimum Gasteiger partial charge on any atom is -0.434 e. The lowest BCUT2D eigenvalue weighted by atomic mass is 10.1. The van der Waals surface area contributed by atoms with Crippen molar-refractivity contribution in [2.24, 2.45) is 0 Å². The van der Waals surface area contributed by atoms with E-state index in [9.17, 15) is 14.0 Å². The largest absolute Gasteiger partial charge is 0.434 e. The lowest BCUT2D eigenvalue weighted by Gasteiger charge is -2.26. The second-order valence-corrected chi connectivity index (χ2v) is 8.10. The normalized spacial score (nSPS) is 13.1. The summed E-state index contributed by atoms with van der Waals surface area (Å²) in [7, 11) is 0. The summed E-state index contributed by atoms with van der Waals surface area (Å²) in [4.78, 5) is 28.1. The summed E-state index contributed by atoms with van der Waals surface area (Å²) in [6.45, 7) is 10.5. The van der Waals surface area contributed by atoms with Crippen molar-refractivity contribution < 1.29 is 23.5 Å². The van der Waals surface area contributed by atoms with E-state index in [1.54, 1.807) is 41.5 Å². The third-order valence-electron chi connectivity index (χ3n) is 2.74. The summed E-state index contributed by atoms with van der Waals surface area (Å²) < 4.78 is 24.5. The van der Waals surface area contributed by atoms with E-state index >= 15 is 0 Å². The molecule has 26 heavy (non-hydrogen) atoms. The molecule has 7 nitrogen and oxygen atoms in total. The van der Waals surface area contributed by atoms with Gasteiger partial charge >= 0.3 is 6.09 Å². The third kappa shape index (κ3) is 8.44. The number of pyridine rings is 1. The molecule has 0 fully saturated rings. The van der Waals surface area contributed by atoms with Crippen LogP contribution >= 0.6 is 11.6 Å². The second kappa shape index (κ2) is 8.64. The lowest BCUT2D eigenvalue weighted by Crippen LogP contribution is -2.46. The summed E-state index contributed by atoms with van der Waals surface area (Å²) in [6.07, 6.45) is -0.901. The molecular weight excluding hydrogens is 365 g/mol. The molecule has 0 unspecified atom stereocenters. The smallest absolute Gasteiger partial charge is 0.408 e. The van der Waals surface area contributed by atoms with Crippen molar-refractivity contribution in [2.45, 2.75) is 58.8 Å². The van der Waals surface area contributed by atoms with Gasteiger partial charge < -0.3 is 20.1 Å². The highest BCUT2D eigenvalue weighted by molar-refractivity contribution is 6.30. The molecule has 0 aliphatic heterocycles. The molecule has 2 N–H and O–H groups in total. The van der Waals surface area contributed by atoms with Gasteiger partial charge in [-0.05, 0) is 47.6 Å². The zero-order chi connectivity index (χ0) is 20.1. The lowest BCUT2D eigenvalue weighted by molar-refractivity contribution is -0.131. The first-order valence-corrected chi connectivity index (χ1v) is 8.39. The molecule has 0 aliphatic carbocycles. The van der Waals surface area contributed by atoms with Crippen LogP contribution in [0.5, 0.6) is 0 Å². The molecule has 0 spiro atoms. The van der Waals surface area contributed by atoms with Crippen molar-refractivity contribution in [3.8, 4) is 0 Å². The molecule has 0 aromatic carbocycles. The number of ether oxygens (including phenoxy) is 2. The maximum absolute atomic E-state index is 13.8. The molecule has 0 saturated carbocycles. The summed E-state index contributed by atoms with van der Waals surface area (Å²) in [5, 5.41) is 4.95. The Morgan fingerprint density at radius 3 is 2.38 bits per heavy atom. The molecule has 1 rings (SSSR count). The molecule has 0 bridgehead atoms. The van der Waals surface area contributed by atoms with E-state index in [2.05, 4.69) is 15.6 Å². The zero-order valence-electron chi connectivity index (χ0n) is 15.8. The van der Waals surface area contributed by atoms with Crippen molar-refractivity contribution in [3.05, 3.63) is 23.1 Å². The first kappa shape index (κ1) is 22.1. The molecule has 146 valence electrons. The number of aromatic nitrogens is 1. The van der Waals surface area contributed by atoms with E-state index in [1.807, 2.05) is 0 Å². The molecule has 1 aromatic rings. The molecule has 1 heterocycles. The number of nitrogens with one attached hydrogen (secondary N) is 2. The van der Waals surface area contributed by atoms with Crippen LogP contribution in [0, 0.1) is 5.82 Å². The van der Waals surface area contributed by atoms with Crippen LogP contribution in [0.15, 0.2) is 12.3 Å². The predicted molar refractivity (Wildman–Crippen MR) is 96.7 cm³/mol. The maximum atomic E-state index is 13.8. The number of halogens is 2. The van der Waals surface area contributed by atoms with Crippen molar-refractivity contribution in [3.63, 3.8) is 0 Å². The first-order chi connectivity index (χ1) is 11.8. The average molecular weight is 390 g/mol. The third-order valence-corrected chi connectivity index (χ3v) is 2.94. The summed E-state index contributed by atoms with van der Waals surface area (Å²) in [5.74, 6) is -1.90. The Bertz CT molecular complexity index is 656. The van der Waals surface area contributed by atoms with Gasteiger partial charge in [0.2, 0.25) is 6.10 Å². The highest BCUT2D eigenvalue weighted by Crippen LogP contribution is 2.16. The van der Waals surface area contributed by atoms with Crippen LogP contribution in [0.25, 0.3) is 0 Å². The topological polar surface area (TPSA) is 89.5 Å². The number of carbonyl (C=O) groups is 2. The molecular formula is C17H25ClFN3O4. The van der Waals surface area contributed by atoms with Gasteiger partial charge in [0.15, 0.2) is 11.6 Å². The fraction of sp³-hybridized carbons (Fsp3) is 0.588. The van der Waals surface area contributed by atoms with E-state index in [0.29, 0.717) is 0 Å². The summed E-state index contributed by atoms with van der Waals surface area (Å²) in [6, 6.07) is 1.01. The molecule has 0 aliphatic rings. The van der Waals surface area contributed by atoms with Crippen molar-refractivity contribution >= 4 is 29.4 Å². The number of amides is 2. The number of nitrogens with zero attached hydrogens (tertiary/aromatic N) is 1. The molecule has 1 atom stereocenters. The number of hydrogen-bond donors (Lipinski definition) is 2. The van der Waals surface area contributed by atoms with E-state index < -0.39 is 35.1 Å². The predicted octanol–water partition coefficient (Wildman–Crippen LogP) is 3.52. The number of carbonyl (C=O) groups excluding carboxylic acids is 2. The Kier molecular flexibility index (Phi) is 7.35. The quantitative estimate of drug-likeness (QED) is 0.804. The minimum absolute atomic E-state index is 0.0916. The van der Waals surface area contributed by atoms with Crippen LogP contribution in [-0.2, 0) is 14.3 Å². The van der Waals surface area contributed by atoms with Gasteiger partial charge in [0.1, 0.15) is 0 Å². The Balaban J connectivity index is 2.87. The maximum Gasteiger partial charge on any atom is 0.408 e. The number of anilines is 1. The van der Waals surface area contributed by atoms with Gasteiger partial charge in [-0.3, -0.25) is 4.79 Å². The Morgan fingerprint density at radius 1 is 1.27 bits per heavy atom. The minimum atomic E-state index is -1.30. The Hall–Kier alpha value is -1.93. The van der Waals surface area contributed by atoms with E-state index in [4.69, 9.17) is 21.1 Å². The number of alkyl carbamates (subject to hydrolysis) is 1. The Labute approximate surface area is 157 Å². The number of hydrogen-bond acceptors (Lipinski definition) is 5. The fourth-order valence-corrected chi connectivity index (χ4v) is 1.80. The molecule has 0 radical (unpaired) electrons. The van der Waals surface area contributed by atoms with E-state index in [1.165, 1.54) is 6.20 Å². The Morgan fingerprint density at radius 2 is 1.88 bits per heavy atom. The fourth-order valence-electron chi connectivity index (χ4n) is 1.66. The van der Waals surface area contributed by atoms with Gasteiger partial charge in [0, 0.05) is 11.7 Å². The highest BCUT2D eigenvalue weighted by atomic mass is 35.5. The summed E-state index contributed by atoms with van der Waals surface area (Å²) in [5.41, 5.74) is -1.11. The van der Waals surface area contributed by atoms with Crippen LogP contribution in [0.4, 0.5) is 15.0 Å². The van der Waals surface area contributed by atoms with Gasteiger partial charge in [-0.1, -0.05) is 11.6 Å². The SMILES string of the molecule is CC(C)(C)NC(=O)O[C@@H](COC(C)(C)C)C(=O)Nc1ncc(Cl)cc1F. The van der Waals surface area contributed by atoms with E-state index in [0.717, 1.165) is 6.07 Å². The number of rotatable bonds is 5. The highest BCUT2D eigenvalue weighted by Gasteiger charge is 2.28. The monoisotopic (exact) mass is 389 g/mol. The van der Waals surface area contributed by atoms with E-state index in [-0.39, 0.29) is 17.4 Å². The van der Waals surface area contributed by atoms with Gasteiger partial charge in [0.25, 0.3) is 5.91 Å². The van der Waals surface area contributed by atoms with Crippen LogP contribution in [0.2, 0.25) is 5.02 Å². The van der Waals surface area contributed by atoms with Crippen LogP contribution in [-0.4, -0.2) is 40.8 Å².